The Balaban J connectivity index is 1.99. The van der Waals surface area contributed by atoms with Gasteiger partial charge in [-0.05, 0) is 25.7 Å². The molecule has 0 aliphatic heterocycles. The molecular weight excluding hydrogens is 330 g/mol. The van der Waals surface area contributed by atoms with Crippen LogP contribution in [0.4, 0.5) is 0 Å². The maximum Gasteiger partial charge on any atom is 0.306 e. The number of unbranched alkanes of at least 4 members (excludes halogenated alkanes) is 7. The van der Waals surface area contributed by atoms with E-state index in [9.17, 15) is 9.59 Å². The monoisotopic (exact) mass is 369 g/mol. The van der Waals surface area contributed by atoms with E-state index in [2.05, 4.69) is 12.2 Å². The molecule has 1 fully saturated rings. The van der Waals surface area contributed by atoms with E-state index >= 15 is 0 Å². The molecule has 0 saturated heterocycles. The lowest BCUT2D eigenvalue weighted by atomic mass is 9.94. The topological polar surface area (TPSA) is 64.6 Å². The van der Waals surface area contributed by atoms with Gasteiger partial charge < -0.3 is 14.8 Å². The summed E-state index contributed by atoms with van der Waals surface area (Å²) in [5.41, 5.74) is 0. The van der Waals surface area contributed by atoms with E-state index in [-0.39, 0.29) is 36.9 Å². The summed E-state index contributed by atoms with van der Waals surface area (Å²) in [7, 11) is 1.66. The van der Waals surface area contributed by atoms with Gasteiger partial charge in [-0.1, -0.05) is 58.3 Å². The Labute approximate surface area is 159 Å². The molecule has 2 unspecified atom stereocenters. The average molecular weight is 370 g/mol. The summed E-state index contributed by atoms with van der Waals surface area (Å²) in [4.78, 5) is 23.8. The van der Waals surface area contributed by atoms with Crippen molar-refractivity contribution in [1.82, 2.24) is 5.32 Å². The van der Waals surface area contributed by atoms with Crippen molar-refractivity contribution in [3.63, 3.8) is 0 Å². The lowest BCUT2D eigenvalue weighted by Gasteiger charge is -2.29. The van der Waals surface area contributed by atoms with Crippen molar-refractivity contribution in [2.24, 2.45) is 0 Å². The molecule has 2 atom stereocenters. The highest BCUT2D eigenvalue weighted by Crippen LogP contribution is 2.23. The molecule has 0 spiro atoms. The molecule has 0 aromatic carbocycles. The van der Waals surface area contributed by atoms with E-state index in [1.807, 2.05) is 0 Å². The zero-order valence-electron chi connectivity index (χ0n) is 16.9. The summed E-state index contributed by atoms with van der Waals surface area (Å²) in [5, 5.41) is 2.90. The third-order valence-electron chi connectivity index (χ3n) is 5.14. The minimum atomic E-state index is -0.291. The fraction of sp³-hybridized carbons (Fsp3) is 0.905. The summed E-state index contributed by atoms with van der Waals surface area (Å²) in [6, 6.07) is 0. The highest BCUT2D eigenvalue weighted by molar-refractivity contribution is 5.81. The van der Waals surface area contributed by atoms with Gasteiger partial charge >= 0.3 is 5.97 Å². The number of ether oxygens (including phenoxy) is 2. The van der Waals surface area contributed by atoms with Gasteiger partial charge in [0.25, 0.3) is 0 Å². The average Bonchev–Trinajstić information content (AvgIpc) is 2.65. The first-order valence-electron chi connectivity index (χ1n) is 10.7. The molecular formula is C21H39NO4. The van der Waals surface area contributed by atoms with Crippen LogP contribution in [0, 0.1) is 0 Å². The van der Waals surface area contributed by atoms with Gasteiger partial charge in [0.15, 0.2) is 0 Å². The van der Waals surface area contributed by atoms with Gasteiger partial charge in [0.05, 0.1) is 12.5 Å². The molecule has 152 valence electrons. The molecule has 5 heteroatoms. The van der Waals surface area contributed by atoms with Gasteiger partial charge in [-0.3, -0.25) is 9.59 Å². The van der Waals surface area contributed by atoms with Gasteiger partial charge in [0.1, 0.15) is 6.10 Å². The van der Waals surface area contributed by atoms with Crippen LogP contribution in [0.15, 0.2) is 0 Å². The Morgan fingerprint density at radius 2 is 1.50 bits per heavy atom. The van der Waals surface area contributed by atoms with Gasteiger partial charge in [0, 0.05) is 20.1 Å². The van der Waals surface area contributed by atoms with E-state index in [1.165, 1.54) is 38.5 Å². The third-order valence-corrected chi connectivity index (χ3v) is 5.14. The lowest BCUT2D eigenvalue weighted by molar-refractivity contribution is -0.160. The number of rotatable bonds is 14. The number of methoxy groups -OCH3 is 1. The van der Waals surface area contributed by atoms with Gasteiger partial charge in [-0.15, -0.1) is 0 Å². The number of hydrogen-bond donors (Lipinski definition) is 1. The number of hydrogen-bond acceptors (Lipinski definition) is 4. The highest BCUT2D eigenvalue weighted by atomic mass is 16.6. The minimum Gasteiger partial charge on any atom is -0.460 e. The largest absolute Gasteiger partial charge is 0.460 e. The van der Waals surface area contributed by atoms with Crippen LogP contribution in [0.3, 0.4) is 0 Å². The van der Waals surface area contributed by atoms with E-state index in [4.69, 9.17) is 9.47 Å². The molecule has 0 aromatic rings. The van der Waals surface area contributed by atoms with Crippen LogP contribution in [-0.4, -0.2) is 37.7 Å². The van der Waals surface area contributed by atoms with Crippen LogP contribution in [0.25, 0.3) is 0 Å². The van der Waals surface area contributed by atoms with Crippen LogP contribution in [0.1, 0.15) is 96.8 Å². The first kappa shape index (κ1) is 22.9. The van der Waals surface area contributed by atoms with Gasteiger partial charge in [-0.25, -0.2) is 0 Å². The summed E-state index contributed by atoms with van der Waals surface area (Å²) < 4.78 is 10.9. The van der Waals surface area contributed by atoms with E-state index in [0.717, 1.165) is 38.5 Å². The second-order valence-corrected chi connectivity index (χ2v) is 7.41. The molecule has 0 bridgehead atoms. The Bertz CT molecular complexity index is 386. The summed E-state index contributed by atoms with van der Waals surface area (Å²) >= 11 is 0. The van der Waals surface area contributed by atoms with Crippen molar-refractivity contribution >= 4 is 11.9 Å². The van der Waals surface area contributed by atoms with E-state index in [0.29, 0.717) is 6.54 Å². The second kappa shape index (κ2) is 15.0. The molecule has 0 aromatic heterocycles. The van der Waals surface area contributed by atoms with Gasteiger partial charge in [0.2, 0.25) is 5.91 Å². The zero-order chi connectivity index (χ0) is 19.0. The van der Waals surface area contributed by atoms with Crippen LogP contribution in [0.5, 0.6) is 0 Å². The fourth-order valence-corrected chi connectivity index (χ4v) is 3.49. The van der Waals surface area contributed by atoms with Crippen molar-refractivity contribution in [3.8, 4) is 0 Å². The molecule has 26 heavy (non-hydrogen) atoms. The molecule has 5 nitrogen and oxygen atoms in total. The predicted octanol–water partition coefficient (Wildman–Crippen LogP) is 4.52. The molecule has 1 N–H and O–H groups in total. The van der Waals surface area contributed by atoms with Crippen molar-refractivity contribution in [2.45, 2.75) is 109 Å². The predicted molar refractivity (Wildman–Crippen MR) is 104 cm³/mol. The van der Waals surface area contributed by atoms with Crippen LogP contribution < -0.4 is 5.32 Å². The number of carbonyl (C=O) groups excluding carboxylic acids is 2. The van der Waals surface area contributed by atoms with Crippen molar-refractivity contribution in [1.29, 1.82) is 0 Å². The van der Waals surface area contributed by atoms with Gasteiger partial charge in [-0.2, -0.15) is 0 Å². The summed E-state index contributed by atoms with van der Waals surface area (Å²) in [6.07, 6.45) is 14.2. The lowest BCUT2D eigenvalue weighted by Crippen LogP contribution is -2.36. The molecule has 0 radical (unpaired) electrons. The van der Waals surface area contributed by atoms with Crippen LogP contribution >= 0.6 is 0 Å². The maximum absolute atomic E-state index is 11.9. The van der Waals surface area contributed by atoms with Crippen molar-refractivity contribution in [2.75, 3.05) is 13.7 Å². The van der Waals surface area contributed by atoms with E-state index in [1.54, 1.807) is 7.11 Å². The Morgan fingerprint density at radius 3 is 2.15 bits per heavy atom. The quantitative estimate of drug-likeness (QED) is 0.361. The Kier molecular flexibility index (Phi) is 13.2. The molecule has 1 aliphatic rings. The van der Waals surface area contributed by atoms with E-state index < -0.39 is 0 Å². The number of amides is 1. The first-order chi connectivity index (χ1) is 12.7. The molecule has 1 aliphatic carbocycles. The van der Waals surface area contributed by atoms with Crippen LogP contribution in [-0.2, 0) is 19.1 Å². The smallest absolute Gasteiger partial charge is 0.306 e. The number of nitrogens with one attached hydrogen (secondary N) is 1. The Morgan fingerprint density at radius 1 is 0.885 bits per heavy atom. The fourth-order valence-electron chi connectivity index (χ4n) is 3.49. The molecule has 1 saturated carbocycles. The number of esters is 1. The zero-order valence-corrected chi connectivity index (χ0v) is 16.9. The van der Waals surface area contributed by atoms with Crippen molar-refractivity contribution < 1.29 is 19.1 Å². The summed E-state index contributed by atoms with van der Waals surface area (Å²) in [6.45, 7) is 2.94. The standard InChI is InChI=1S/C21H39NO4/c1-3-4-5-6-7-8-9-12-17-22-20(23)15-16-21(24)26-19-14-11-10-13-18(19)25-2/h18-19H,3-17H2,1-2H3,(H,22,23). The normalized spacial score (nSPS) is 19.9. The maximum atomic E-state index is 11.9. The Hall–Kier alpha value is -1.10. The molecule has 1 amide bonds. The SMILES string of the molecule is CCCCCCCCCCNC(=O)CCC(=O)OC1CCCCC1OC. The van der Waals surface area contributed by atoms with Crippen molar-refractivity contribution in [3.05, 3.63) is 0 Å². The highest BCUT2D eigenvalue weighted by Gasteiger charge is 2.28. The van der Waals surface area contributed by atoms with Crippen LogP contribution in [0.2, 0.25) is 0 Å². The second-order valence-electron chi connectivity index (χ2n) is 7.41. The first-order valence-corrected chi connectivity index (χ1v) is 10.7. The third kappa shape index (κ3) is 10.8. The number of carbonyl (C=O) groups is 2. The minimum absolute atomic E-state index is 0.00324. The molecule has 1 rings (SSSR count). The molecule has 0 heterocycles. The summed E-state index contributed by atoms with van der Waals surface area (Å²) in [5.74, 6) is -0.349.